The average molecular weight is 332 g/mol. The molecule has 0 saturated carbocycles. The molecule has 1 atom stereocenters. The molecule has 0 bridgehead atoms. The number of carbonyl (C=O) groups is 2. The monoisotopic (exact) mass is 332 g/mol. The fourth-order valence-corrected chi connectivity index (χ4v) is 3.10. The number of esters is 1. The van der Waals surface area contributed by atoms with E-state index in [4.69, 9.17) is 9.47 Å². The summed E-state index contributed by atoms with van der Waals surface area (Å²) in [5, 5.41) is 2.74. The molecule has 2 aliphatic rings. The van der Waals surface area contributed by atoms with Gasteiger partial charge in [-0.25, -0.2) is 4.79 Å². The third kappa shape index (κ3) is 4.47. The molecule has 2 heterocycles. The number of piperidine rings is 1. The van der Waals surface area contributed by atoms with Gasteiger partial charge in [0.1, 0.15) is 0 Å². The Balaban J connectivity index is 1.44. The normalized spacial score (nSPS) is 20.7. The van der Waals surface area contributed by atoms with Crippen LogP contribution in [0.4, 0.5) is 11.4 Å². The van der Waals surface area contributed by atoms with Crippen molar-refractivity contribution < 1.29 is 19.1 Å². The summed E-state index contributed by atoms with van der Waals surface area (Å²) in [7, 11) is 0. The SMILES string of the molecule is O=C(COC(=O)[C@H]1CCCO1)Nc1ccc(N2CCCCC2)cc1. The number of hydrogen-bond acceptors (Lipinski definition) is 5. The number of anilines is 2. The van der Waals surface area contributed by atoms with Crippen molar-refractivity contribution >= 4 is 23.3 Å². The number of carbonyl (C=O) groups excluding carboxylic acids is 2. The fourth-order valence-electron chi connectivity index (χ4n) is 3.10. The topological polar surface area (TPSA) is 67.9 Å². The maximum atomic E-state index is 11.9. The van der Waals surface area contributed by atoms with Crippen molar-refractivity contribution in [1.82, 2.24) is 0 Å². The largest absolute Gasteiger partial charge is 0.454 e. The third-order valence-electron chi connectivity index (χ3n) is 4.41. The molecule has 6 nitrogen and oxygen atoms in total. The second kappa shape index (κ2) is 8.15. The molecule has 24 heavy (non-hydrogen) atoms. The van der Waals surface area contributed by atoms with Gasteiger partial charge in [0.25, 0.3) is 5.91 Å². The molecule has 1 aromatic carbocycles. The number of benzene rings is 1. The molecule has 2 saturated heterocycles. The Labute approximate surface area is 142 Å². The van der Waals surface area contributed by atoms with Gasteiger partial charge in [-0.3, -0.25) is 4.79 Å². The van der Waals surface area contributed by atoms with Gasteiger partial charge in [0.15, 0.2) is 12.7 Å². The second-order valence-electron chi connectivity index (χ2n) is 6.25. The first-order valence-electron chi connectivity index (χ1n) is 8.65. The van der Waals surface area contributed by atoms with E-state index in [1.165, 1.54) is 24.9 Å². The van der Waals surface area contributed by atoms with Gasteiger partial charge in [0.05, 0.1) is 0 Å². The van der Waals surface area contributed by atoms with Crippen LogP contribution in [0.5, 0.6) is 0 Å². The lowest BCUT2D eigenvalue weighted by Crippen LogP contribution is -2.29. The number of amides is 1. The van der Waals surface area contributed by atoms with Gasteiger partial charge >= 0.3 is 5.97 Å². The van der Waals surface area contributed by atoms with Gasteiger partial charge in [0, 0.05) is 31.1 Å². The van der Waals surface area contributed by atoms with Gasteiger partial charge in [-0.2, -0.15) is 0 Å². The van der Waals surface area contributed by atoms with E-state index in [1.54, 1.807) is 0 Å². The zero-order chi connectivity index (χ0) is 16.8. The van der Waals surface area contributed by atoms with Crippen molar-refractivity contribution in [3.05, 3.63) is 24.3 Å². The van der Waals surface area contributed by atoms with E-state index < -0.39 is 12.1 Å². The molecule has 0 spiro atoms. The number of nitrogens with one attached hydrogen (secondary N) is 1. The molecular weight excluding hydrogens is 308 g/mol. The van der Waals surface area contributed by atoms with E-state index >= 15 is 0 Å². The van der Waals surface area contributed by atoms with Crippen molar-refractivity contribution in [3.8, 4) is 0 Å². The molecule has 0 unspecified atom stereocenters. The highest BCUT2D eigenvalue weighted by molar-refractivity contribution is 5.93. The summed E-state index contributed by atoms with van der Waals surface area (Å²) in [6.45, 7) is 2.47. The molecule has 2 fully saturated rings. The van der Waals surface area contributed by atoms with Crippen LogP contribution in [0.25, 0.3) is 0 Å². The average Bonchev–Trinajstić information content (AvgIpc) is 3.16. The highest BCUT2D eigenvalue weighted by Crippen LogP contribution is 2.21. The Hall–Kier alpha value is -2.08. The van der Waals surface area contributed by atoms with Crippen LogP contribution in [0.15, 0.2) is 24.3 Å². The second-order valence-corrected chi connectivity index (χ2v) is 6.25. The van der Waals surface area contributed by atoms with Crippen LogP contribution in [-0.2, 0) is 19.1 Å². The lowest BCUT2D eigenvalue weighted by molar-refractivity contribution is -0.156. The zero-order valence-corrected chi connectivity index (χ0v) is 13.8. The number of nitrogens with zero attached hydrogens (tertiary/aromatic N) is 1. The quantitative estimate of drug-likeness (QED) is 0.838. The number of rotatable bonds is 5. The van der Waals surface area contributed by atoms with E-state index in [2.05, 4.69) is 10.2 Å². The first kappa shape index (κ1) is 16.8. The van der Waals surface area contributed by atoms with Crippen molar-refractivity contribution in [1.29, 1.82) is 0 Å². The summed E-state index contributed by atoms with van der Waals surface area (Å²) in [6.07, 6.45) is 4.77. The Kier molecular flexibility index (Phi) is 5.69. The van der Waals surface area contributed by atoms with E-state index in [0.29, 0.717) is 18.7 Å². The molecule has 0 aliphatic carbocycles. The molecule has 6 heteroatoms. The van der Waals surface area contributed by atoms with Crippen LogP contribution >= 0.6 is 0 Å². The van der Waals surface area contributed by atoms with E-state index in [0.717, 1.165) is 19.5 Å². The smallest absolute Gasteiger partial charge is 0.335 e. The van der Waals surface area contributed by atoms with Crippen LogP contribution in [-0.4, -0.2) is 44.3 Å². The predicted molar refractivity (Wildman–Crippen MR) is 91.1 cm³/mol. The Morgan fingerprint density at radius 1 is 1.12 bits per heavy atom. The van der Waals surface area contributed by atoms with Crippen molar-refractivity contribution in [2.24, 2.45) is 0 Å². The lowest BCUT2D eigenvalue weighted by Gasteiger charge is -2.28. The summed E-state index contributed by atoms with van der Waals surface area (Å²) >= 11 is 0. The minimum absolute atomic E-state index is 0.285. The van der Waals surface area contributed by atoms with Crippen LogP contribution in [0.2, 0.25) is 0 Å². The molecule has 1 N–H and O–H groups in total. The Morgan fingerprint density at radius 2 is 1.88 bits per heavy atom. The third-order valence-corrected chi connectivity index (χ3v) is 4.41. The summed E-state index contributed by atoms with van der Waals surface area (Å²) in [6, 6.07) is 7.78. The first-order chi connectivity index (χ1) is 11.7. The Morgan fingerprint density at radius 3 is 2.54 bits per heavy atom. The number of hydrogen-bond donors (Lipinski definition) is 1. The van der Waals surface area contributed by atoms with Crippen molar-refractivity contribution in [2.75, 3.05) is 36.5 Å². The molecular formula is C18H24N2O4. The molecule has 0 radical (unpaired) electrons. The minimum Gasteiger partial charge on any atom is -0.454 e. The first-order valence-corrected chi connectivity index (χ1v) is 8.65. The highest BCUT2D eigenvalue weighted by Gasteiger charge is 2.25. The minimum atomic E-state index is -0.512. The van der Waals surface area contributed by atoms with Crippen molar-refractivity contribution in [3.63, 3.8) is 0 Å². The lowest BCUT2D eigenvalue weighted by atomic mass is 10.1. The fraction of sp³-hybridized carbons (Fsp3) is 0.556. The van der Waals surface area contributed by atoms with Gasteiger partial charge in [0.2, 0.25) is 0 Å². The summed E-state index contributed by atoms with van der Waals surface area (Å²) in [5.41, 5.74) is 1.88. The van der Waals surface area contributed by atoms with E-state index in [1.807, 2.05) is 24.3 Å². The highest BCUT2D eigenvalue weighted by atomic mass is 16.6. The van der Waals surface area contributed by atoms with Gasteiger partial charge < -0.3 is 19.7 Å². The van der Waals surface area contributed by atoms with Gasteiger partial charge in [-0.15, -0.1) is 0 Å². The van der Waals surface area contributed by atoms with Crippen LogP contribution in [0.3, 0.4) is 0 Å². The summed E-state index contributed by atoms with van der Waals surface area (Å²) < 4.78 is 10.2. The maximum Gasteiger partial charge on any atom is 0.335 e. The molecule has 130 valence electrons. The van der Waals surface area contributed by atoms with E-state index in [9.17, 15) is 9.59 Å². The number of ether oxygens (including phenoxy) is 2. The van der Waals surface area contributed by atoms with Crippen molar-refractivity contribution in [2.45, 2.75) is 38.2 Å². The molecule has 2 aliphatic heterocycles. The predicted octanol–water partition coefficient (Wildman–Crippen LogP) is 2.34. The molecule has 0 aromatic heterocycles. The zero-order valence-electron chi connectivity index (χ0n) is 13.8. The molecule has 1 amide bonds. The maximum absolute atomic E-state index is 11.9. The van der Waals surface area contributed by atoms with Crippen LogP contribution in [0.1, 0.15) is 32.1 Å². The summed E-state index contributed by atoms with van der Waals surface area (Å²) in [4.78, 5) is 25.9. The standard InChI is InChI=1S/C18H24N2O4/c21-17(13-24-18(22)16-5-4-12-23-16)19-14-6-8-15(9-7-14)20-10-2-1-3-11-20/h6-9,16H,1-5,10-13H2,(H,19,21)/t16-/m1/s1. The Bertz CT molecular complexity index is 561. The van der Waals surface area contributed by atoms with Gasteiger partial charge in [-0.05, 0) is 56.4 Å². The molecule has 3 rings (SSSR count). The van der Waals surface area contributed by atoms with Gasteiger partial charge in [-0.1, -0.05) is 0 Å². The van der Waals surface area contributed by atoms with Crippen LogP contribution < -0.4 is 10.2 Å². The van der Waals surface area contributed by atoms with E-state index in [-0.39, 0.29) is 12.5 Å². The van der Waals surface area contributed by atoms with Crippen LogP contribution in [0, 0.1) is 0 Å². The summed E-state index contributed by atoms with van der Waals surface area (Å²) in [5.74, 6) is -0.796. The molecule has 1 aromatic rings.